The molecule has 0 aliphatic carbocycles. The Kier molecular flexibility index (Phi) is 5.76. The summed E-state index contributed by atoms with van der Waals surface area (Å²) in [5.41, 5.74) is 2.97. The Balaban J connectivity index is 1.70. The number of rotatable bonds is 7. The van der Waals surface area contributed by atoms with E-state index in [1.807, 2.05) is 0 Å². The maximum Gasteiger partial charge on any atom is 0.165 e. The molecule has 0 atom stereocenters. The van der Waals surface area contributed by atoms with Gasteiger partial charge >= 0.3 is 0 Å². The van der Waals surface area contributed by atoms with Gasteiger partial charge in [-0.3, -0.25) is 0 Å². The Morgan fingerprint density at radius 3 is 2.28 bits per heavy atom. The average Bonchev–Trinajstić information content (AvgIpc) is 3.12. The summed E-state index contributed by atoms with van der Waals surface area (Å²) in [6.07, 6.45) is 6.16. The number of aromatic hydroxyl groups is 1. The molecule has 0 fully saturated rings. The lowest BCUT2D eigenvalue weighted by atomic mass is 10.0. The van der Waals surface area contributed by atoms with E-state index in [2.05, 4.69) is 41.4 Å². The van der Waals surface area contributed by atoms with Gasteiger partial charge in [-0.2, -0.15) is 0 Å². The van der Waals surface area contributed by atoms with E-state index in [0.29, 0.717) is 10.6 Å². The van der Waals surface area contributed by atoms with E-state index in [1.54, 1.807) is 6.07 Å². The number of hydrogen-bond acceptors (Lipinski definition) is 4. The van der Waals surface area contributed by atoms with Gasteiger partial charge in [0.15, 0.2) is 11.6 Å². The minimum Gasteiger partial charge on any atom is -0.505 e. The van der Waals surface area contributed by atoms with Crippen molar-refractivity contribution in [3.05, 3.63) is 53.8 Å². The number of aromatic nitrogens is 2. The first-order valence-electron chi connectivity index (χ1n) is 8.59. The van der Waals surface area contributed by atoms with Crippen LogP contribution in [0.2, 0.25) is 0 Å². The number of phenolic OH excluding ortho intramolecular Hbond substituents is 1. The number of unbranched alkanes of at least 4 members (excludes halogenated alkanes) is 3. The summed E-state index contributed by atoms with van der Waals surface area (Å²) in [6.45, 7) is 2.22. The molecule has 0 saturated carbocycles. The highest BCUT2D eigenvalue weighted by atomic mass is 32.1. The van der Waals surface area contributed by atoms with Crippen molar-refractivity contribution in [2.45, 2.75) is 39.0 Å². The van der Waals surface area contributed by atoms with Gasteiger partial charge in [0, 0.05) is 11.1 Å². The van der Waals surface area contributed by atoms with E-state index in [-0.39, 0.29) is 5.75 Å². The summed E-state index contributed by atoms with van der Waals surface area (Å²) >= 11 is 1.41. The molecule has 3 rings (SSSR count). The van der Waals surface area contributed by atoms with E-state index in [9.17, 15) is 9.50 Å². The molecule has 0 unspecified atom stereocenters. The zero-order valence-corrected chi connectivity index (χ0v) is 15.0. The lowest BCUT2D eigenvalue weighted by molar-refractivity contribution is 0.432. The molecule has 1 aromatic heterocycles. The number of aryl methyl sites for hydroxylation is 1. The SMILES string of the molecule is CCCCCCc1ccc(-c2nnc(-c3ccc(O)c(F)c3)s2)cc1. The van der Waals surface area contributed by atoms with Crippen molar-refractivity contribution in [3.8, 4) is 26.9 Å². The van der Waals surface area contributed by atoms with Crippen LogP contribution in [0.25, 0.3) is 21.1 Å². The highest BCUT2D eigenvalue weighted by molar-refractivity contribution is 7.17. The first-order chi connectivity index (χ1) is 12.2. The van der Waals surface area contributed by atoms with Gasteiger partial charge in [-0.05, 0) is 36.6 Å². The molecule has 0 radical (unpaired) electrons. The van der Waals surface area contributed by atoms with E-state index < -0.39 is 5.82 Å². The minimum atomic E-state index is -0.651. The van der Waals surface area contributed by atoms with E-state index >= 15 is 0 Å². The van der Waals surface area contributed by atoms with Crippen LogP contribution in [0.3, 0.4) is 0 Å². The van der Waals surface area contributed by atoms with Crippen molar-refractivity contribution < 1.29 is 9.50 Å². The molecule has 2 aromatic carbocycles. The Morgan fingerprint density at radius 1 is 0.920 bits per heavy atom. The van der Waals surface area contributed by atoms with Gasteiger partial charge in [0.2, 0.25) is 0 Å². The van der Waals surface area contributed by atoms with Crippen LogP contribution in [0.1, 0.15) is 38.2 Å². The summed E-state index contributed by atoms with van der Waals surface area (Å²) in [7, 11) is 0. The van der Waals surface area contributed by atoms with Crippen molar-refractivity contribution >= 4 is 11.3 Å². The van der Waals surface area contributed by atoms with Crippen molar-refractivity contribution in [1.82, 2.24) is 10.2 Å². The molecule has 25 heavy (non-hydrogen) atoms. The summed E-state index contributed by atoms with van der Waals surface area (Å²) in [5, 5.41) is 19.1. The molecule has 0 bridgehead atoms. The maximum atomic E-state index is 13.5. The second-order valence-corrected chi connectivity index (χ2v) is 7.06. The van der Waals surface area contributed by atoms with E-state index in [0.717, 1.165) is 17.0 Å². The molecule has 3 nitrogen and oxygen atoms in total. The highest BCUT2D eigenvalue weighted by Gasteiger charge is 2.11. The summed E-state index contributed by atoms with van der Waals surface area (Å²) in [5.74, 6) is -1.01. The van der Waals surface area contributed by atoms with Crippen LogP contribution in [0.15, 0.2) is 42.5 Å². The van der Waals surface area contributed by atoms with Crippen LogP contribution in [0.5, 0.6) is 5.75 Å². The first-order valence-corrected chi connectivity index (χ1v) is 9.40. The van der Waals surface area contributed by atoms with Gasteiger partial charge in [0.05, 0.1) is 0 Å². The Bertz CT molecular complexity index is 830. The fourth-order valence-corrected chi connectivity index (χ4v) is 3.51. The van der Waals surface area contributed by atoms with E-state index in [4.69, 9.17) is 0 Å². The largest absolute Gasteiger partial charge is 0.505 e. The highest BCUT2D eigenvalue weighted by Crippen LogP contribution is 2.31. The third-order valence-corrected chi connectivity index (χ3v) is 5.16. The number of hydrogen-bond donors (Lipinski definition) is 1. The standard InChI is InChI=1S/C20H21FN2OS/c1-2-3-4-5-6-14-7-9-15(10-8-14)19-22-23-20(25-19)16-11-12-18(24)17(21)13-16/h7-13,24H,2-6H2,1H3. The van der Waals surface area contributed by atoms with Crippen molar-refractivity contribution in [2.75, 3.05) is 0 Å². The molecule has 130 valence electrons. The molecular weight excluding hydrogens is 335 g/mol. The minimum absolute atomic E-state index is 0.358. The fourth-order valence-electron chi connectivity index (χ4n) is 2.67. The fraction of sp³-hybridized carbons (Fsp3) is 0.300. The number of phenols is 1. The third kappa shape index (κ3) is 4.42. The quantitative estimate of drug-likeness (QED) is 0.541. The molecular formula is C20H21FN2OS. The lowest BCUT2D eigenvalue weighted by Crippen LogP contribution is -1.86. The molecule has 5 heteroatoms. The van der Waals surface area contributed by atoms with Crippen molar-refractivity contribution in [2.24, 2.45) is 0 Å². The van der Waals surface area contributed by atoms with Gasteiger partial charge in [0.25, 0.3) is 0 Å². The topological polar surface area (TPSA) is 46.0 Å². The van der Waals surface area contributed by atoms with Crippen LogP contribution in [0, 0.1) is 5.82 Å². The van der Waals surface area contributed by atoms with Crippen LogP contribution >= 0.6 is 11.3 Å². The number of benzene rings is 2. The van der Waals surface area contributed by atoms with Crippen LogP contribution in [-0.4, -0.2) is 15.3 Å². The molecule has 0 aliphatic heterocycles. The number of nitrogens with zero attached hydrogens (tertiary/aromatic N) is 2. The summed E-state index contributed by atoms with van der Waals surface area (Å²) < 4.78 is 13.5. The van der Waals surface area contributed by atoms with Gasteiger partial charge in [0.1, 0.15) is 10.0 Å². The predicted molar refractivity (Wildman–Crippen MR) is 100 cm³/mol. The van der Waals surface area contributed by atoms with Crippen LogP contribution in [-0.2, 0) is 6.42 Å². The molecule has 0 spiro atoms. The lowest BCUT2D eigenvalue weighted by Gasteiger charge is -2.02. The normalized spacial score (nSPS) is 11.0. The van der Waals surface area contributed by atoms with Crippen LogP contribution in [0.4, 0.5) is 4.39 Å². The first kappa shape index (κ1) is 17.5. The monoisotopic (exact) mass is 356 g/mol. The molecule has 1 heterocycles. The molecule has 0 amide bonds. The van der Waals surface area contributed by atoms with Gasteiger partial charge in [-0.15, -0.1) is 10.2 Å². The molecule has 0 saturated heterocycles. The Labute approximate surface area is 151 Å². The molecule has 1 N–H and O–H groups in total. The zero-order valence-electron chi connectivity index (χ0n) is 14.2. The smallest absolute Gasteiger partial charge is 0.165 e. The van der Waals surface area contributed by atoms with Gasteiger partial charge in [-0.1, -0.05) is 61.8 Å². The van der Waals surface area contributed by atoms with Crippen molar-refractivity contribution in [1.29, 1.82) is 0 Å². The second-order valence-electron chi connectivity index (χ2n) is 6.09. The summed E-state index contributed by atoms with van der Waals surface area (Å²) in [6, 6.07) is 12.7. The molecule has 0 aliphatic rings. The predicted octanol–water partition coefficient (Wildman–Crippen LogP) is 5.84. The maximum absolute atomic E-state index is 13.5. The summed E-state index contributed by atoms with van der Waals surface area (Å²) in [4.78, 5) is 0. The zero-order chi connectivity index (χ0) is 17.6. The Morgan fingerprint density at radius 2 is 1.60 bits per heavy atom. The second kappa shape index (κ2) is 8.21. The van der Waals surface area contributed by atoms with Gasteiger partial charge < -0.3 is 5.11 Å². The Hall–Kier alpha value is -2.27. The average molecular weight is 356 g/mol. The third-order valence-electron chi connectivity index (χ3n) is 4.14. The van der Waals surface area contributed by atoms with E-state index in [1.165, 1.54) is 54.7 Å². The number of halogens is 1. The molecule has 3 aromatic rings. The van der Waals surface area contributed by atoms with Crippen LogP contribution < -0.4 is 0 Å². The van der Waals surface area contributed by atoms with Crippen molar-refractivity contribution in [3.63, 3.8) is 0 Å². The van der Waals surface area contributed by atoms with Gasteiger partial charge in [-0.25, -0.2) is 4.39 Å².